The van der Waals surface area contributed by atoms with E-state index in [0.717, 1.165) is 10.7 Å². The van der Waals surface area contributed by atoms with Crippen LogP contribution in [0.5, 0.6) is 0 Å². The van der Waals surface area contributed by atoms with Crippen LogP contribution >= 0.6 is 11.8 Å². The summed E-state index contributed by atoms with van der Waals surface area (Å²) >= 11 is 1.56. The SMILES string of the molecule is CC(C)OC(=O)C1=C2SCC(=CC(=O)NCCO)N2CC1C. The quantitative estimate of drug-likeness (QED) is 0.576. The van der Waals surface area contributed by atoms with Gasteiger partial charge in [0.15, 0.2) is 0 Å². The summed E-state index contributed by atoms with van der Waals surface area (Å²) in [6.07, 6.45) is 1.39. The molecule has 1 amide bonds. The summed E-state index contributed by atoms with van der Waals surface area (Å²) in [6.45, 7) is 6.50. The highest BCUT2D eigenvalue weighted by atomic mass is 32.2. The van der Waals surface area contributed by atoms with Crippen molar-refractivity contribution in [1.82, 2.24) is 10.2 Å². The summed E-state index contributed by atoms with van der Waals surface area (Å²) in [5.74, 6) is 0.251. The van der Waals surface area contributed by atoms with Crippen LogP contribution in [0, 0.1) is 5.92 Å². The van der Waals surface area contributed by atoms with Crippen molar-refractivity contribution in [3.63, 3.8) is 0 Å². The second kappa shape index (κ2) is 7.19. The maximum atomic E-state index is 12.2. The van der Waals surface area contributed by atoms with E-state index in [1.165, 1.54) is 0 Å². The summed E-state index contributed by atoms with van der Waals surface area (Å²) in [5.41, 5.74) is 1.59. The van der Waals surface area contributed by atoms with E-state index in [0.29, 0.717) is 17.9 Å². The van der Waals surface area contributed by atoms with E-state index < -0.39 is 0 Å². The number of fused-ring (bicyclic) bond motifs is 1. The Morgan fingerprint density at radius 3 is 2.91 bits per heavy atom. The van der Waals surface area contributed by atoms with E-state index >= 15 is 0 Å². The van der Waals surface area contributed by atoms with Crippen LogP contribution in [0.25, 0.3) is 0 Å². The van der Waals surface area contributed by atoms with Crippen molar-refractivity contribution in [2.24, 2.45) is 5.92 Å². The number of ether oxygens (including phenoxy) is 1. The predicted octanol–water partition coefficient (Wildman–Crippen LogP) is 0.841. The number of thioether (sulfide) groups is 1. The van der Waals surface area contributed by atoms with Gasteiger partial charge in [-0.25, -0.2) is 4.79 Å². The number of nitrogens with one attached hydrogen (secondary N) is 1. The number of hydrogen-bond acceptors (Lipinski definition) is 6. The van der Waals surface area contributed by atoms with Crippen LogP contribution in [0.1, 0.15) is 20.8 Å². The Morgan fingerprint density at radius 2 is 2.27 bits per heavy atom. The van der Waals surface area contributed by atoms with Gasteiger partial charge in [0, 0.05) is 36.5 Å². The Kier molecular flexibility index (Phi) is 5.52. The minimum atomic E-state index is -0.265. The van der Waals surface area contributed by atoms with Crippen LogP contribution in [0.2, 0.25) is 0 Å². The molecule has 0 aromatic carbocycles. The molecule has 1 atom stereocenters. The lowest BCUT2D eigenvalue weighted by atomic mass is 10.1. The monoisotopic (exact) mass is 326 g/mol. The summed E-state index contributed by atoms with van der Waals surface area (Å²) < 4.78 is 5.32. The molecule has 7 heteroatoms. The molecule has 0 radical (unpaired) electrons. The van der Waals surface area contributed by atoms with Gasteiger partial charge in [0.2, 0.25) is 5.91 Å². The molecule has 0 bridgehead atoms. The first-order valence-electron chi connectivity index (χ1n) is 7.38. The maximum absolute atomic E-state index is 12.2. The zero-order valence-electron chi connectivity index (χ0n) is 13.1. The Labute approximate surface area is 134 Å². The predicted molar refractivity (Wildman–Crippen MR) is 84.8 cm³/mol. The number of hydrogen-bond donors (Lipinski definition) is 2. The molecule has 2 N–H and O–H groups in total. The number of aliphatic hydroxyl groups excluding tert-OH is 1. The summed E-state index contributed by atoms with van der Waals surface area (Å²) in [4.78, 5) is 26.0. The average Bonchev–Trinajstić information content (AvgIpc) is 2.94. The zero-order chi connectivity index (χ0) is 16.3. The molecule has 2 rings (SSSR count). The van der Waals surface area contributed by atoms with E-state index in [1.54, 1.807) is 17.8 Å². The molecule has 0 aromatic heterocycles. The zero-order valence-corrected chi connectivity index (χ0v) is 13.9. The van der Waals surface area contributed by atoms with Gasteiger partial charge in [-0.05, 0) is 13.8 Å². The van der Waals surface area contributed by atoms with Crippen LogP contribution < -0.4 is 5.32 Å². The molecular formula is C15H22N2O4S. The lowest BCUT2D eigenvalue weighted by Gasteiger charge is -2.15. The number of esters is 1. The van der Waals surface area contributed by atoms with Gasteiger partial charge >= 0.3 is 5.97 Å². The number of nitrogens with zero attached hydrogens (tertiary/aromatic N) is 1. The van der Waals surface area contributed by atoms with Crippen LogP contribution in [0.3, 0.4) is 0 Å². The molecule has 1 saturated heterocycles. The lowest BCUT2D eigenvalue weighted by Crippen LogP contribution is -2.26. The minimum absolute atomic E-state index is 0.0814. The maximum Gasteiger partial charge on any atom is 0.337 e. The Balaban J connectivity index is 2.15. The molecule has 0 spiro atoms. The van der Waals surface area contributed by atoms with E-state index in [4.69, 9.17) is 9.84 Å². The fourth-order valence-corrected chi connectivity index (χ4v) is 3.81. The van der Waals surface area contributed by atoms with Crippen LogP contribution in [-0.2, 0) is 14.3 Å². The van der Waals surface area contributed by atoms with Gasteiger partial charge in [-0.2, -0.15) is 0 Å². The molecule has 0 saturated carbocycles. The van der Waals surface area contributed by atoms with E-state index in [-0.39, 0.29) is 37.0 Å². The molecule has 0 aliphatic carbocycles. The molecule has 0 aromatic rings. The normalized spacial score (nSPS) is 22.5. The van der Waals surface area contributed by atoms with E-state index in [2.05, 4.69) is 5.32 Å². The molecule has 122 valence electrons. The Morgan fingerprint density at radius 1 is 1.55 bits per heavy atom. The number of amides is 1. The lowest BCUT2D eigenvalue weighted by molar-refractivity contribution is -0.143. The Hall–Kier alpha value is -1.47. The number of aliphatic hydroxyl groups is 1. The summed E-state index contributed by atoms with van der Waals surface area (Å²) in [7, 11) is 0. The van der Waals surface area contributed by atoms with Gasteiger partial charge in [0.05, 0.1) is 23.3 Å². The third kappa shape index (κ3) is 3.64. The molecule has 1 unspecified atom stereocenters. The minimum Gasteiger partial charge on any atom is -0.460 e. The van der Waals surface area contributed by atoms with Gasteiger partial charge in [-0.1, -0.05) is 6.92 Å². The molecule has 6 nitrogen and oxygen atoms in total. The summed E-state index contributed by atoms with van der Waals surface area (Å²) in [6, 6.07) is 0. The molecule has 2 heterocycles. The van der Waals surface area contributed by atoms with Gasteiger partial charge < -0.3 is 20.1 Å². The van der Waals surface area contributed by atoms with Crippen molar-refractivity contribution >= 4 is 23.6 Å². The smallest absolute Gasteiger partial charge is 0.337 e. The third-order valence-electron chi connectivity index (χ3n) is 3.40. The van der Waals surface area contributed by atoms with E-state index in [1.807, 2.05) is 25.7 Å². The highest BCUT2D eigenvalue weighted by molar-refractivity contribution is 8.03. The fraction of sp³-hybridized carbons (Fsp3) is 0.600. The second-order valence-electron chi connectivity index (χ2n) is 5.62. The first-order chi connectivity index (χ1) is 10.4. The van der Waals surface area contributed by atoms with Gasteiger partial charge in [0.1, 0.15) is 0 Å². The fourth-order valence-electron chi connectivity index (χ4n) is 2.49. The molecular weight excluding hydrogens is 304 g/mol. The van der Waals surface area contributed by atoms with Crippen molar-refractivity contribution < 1.29 is 19.4 Å². The highest BCUT2D eigenvalue weighted by Gasteiger charge is 2.39. The molecule has 1 fully saturated rings. The van der Waals surface area contributed by atoms with Crippen molar-refractivity contribution in [2.75, 3.05) is 25.4 Å². The van der Waals surface area contributed by atoms with E-state index in [9.17, 15) is 9.59 Å². The largest absolute Gasteiger partial charge is 0.460 e. The van der Waals surface area contributed by atoms with Gasteiger partial charge in [-0.3, -0.25) is 4.79 Å². The first kappa shape index (κ1) is 16.9. The van der Waals surface area contributed by atoms with Crippen LogP contribution in [0.15, 0.2) is 22.4 Å². The number of carbonyl (C=O) groups is 2. The molecule has 2 aliphatic rings. The molecule has 2 aliphatic heterocycles. The van der Waals surface area contributed by atoms with Crippen molar-refractivity contribution in [3.05, 3.63) is 22.4 Å². The third-order valence-corrected chi connectivity index (χ3v) is 4.55. The number of carbonyl (C=O) groups excluding carboxylic acids is 2. The van der Waals surface area contributed by atoms with Crippen molar-refractivity contribution in [2.45, 2.75) is 26.9 Å². The summed E-state index contributed by atoms with van der Waals surface area (Å²) in [5, 5.41) is 12.2. The van der Waals surface area contributed by atoms with Crippen molar-refractivity contribution in [3.8, 4) is 0 Å². The van der Waals surface area contributed by atoms with Crippen molar-refractivity contribution in [1.29, 1.82) is 0 Å². The average molecular weight is 326 g/mol. The number of rotatable bonds is 5. The van der Waals surface area contributed by atoms with Gasteiger partial charge in [0.25, 0.3) is 0 Å². The first-order valence-corrected chi connectivity index (χ1v) is 8.37. The second-order valence-corrected chi connectivity index (χ2v) is 6.59. The van der Waals surface area contributed by atoms with Crippen LogP contribution in [0.4, 0.5) is 0 Å². The molecule has 22 heavy (non-hydrogen) atoms. The van der Waals surface area contributed by atoms with Gasteiger partial charge in [-0.15, -0.1) is 11.8 Å². The standard InChI is InChI=1S/C15H22N2O4S/c1-9(2)21-15(20)13-10(3)7-17-11(8-22-14(13)17)6-12(19)16-4-5-18/h6,9-10,18H,4-5,7-8H2,1-3H3,(H,16,19). The highest BCUT2D eigenvalue weighted by Crippen LogP contribution is 2.44. The topological polar surface area (TPSA) is 78.9 Å². The van der Waals surface area contributed by atoms with Crippen LogP contribution in [-0.4, -0.2) is 53.4 Å². The Bertz CT molecular complexity index is 528.